The molecule has 0 radical (unpaired) electrons. The Morgan fingerprint density at radius 1 is 1.09 bits per heavy atom. The quantitative estimate of drug-likeness (QED) is 0.669. The summed E-state index contributed by atoms with van der Waals surface area (Å²) in [5.41, 5.74) is -0.0514. The lowest BCUT2D eigenvalue weighted by Crippen LogP contribution is -2.37. The first-order valence-electron chi connectivity index (χ1n) is 6.91. The number of anilines is 1. The number of aromatic nitrogens is 4. The predicted octanol–water partition coefficient (Wildman–Crippen LogP) is -0.862. The topological polar surface area (TPSA) is 92.3 Å². The minimum atomic E-state index is -0.405. The summed E-state index contributed by atoms with van der Waals surface area (Å²) < 4.78 is 14.3. The van der Waals surface area contributed by atoms with E-state index in [1.54, 1.807) is 25.8 Å². The molecule has 0 unspecified atom stereocenters. The zero-order chi connectivity index (χ0) is 16.3. The van der Waals surface area contributed by atoms with Crippen LogP contribution in [-0.4, -0.2) is 52.7 Å². The van der Waals surface area contributed by atoms with Gasteiger partial charge in [-0.1, -0.05) is 0 Å². The van der Waals surface area contributed by atoms with Gasteiger partial charge in [0, 0.05) is 41.4 Å². The van der Waals surface area contributed by atoms with Crippen molar-refractivity contribution in [2.75, 3.05) is 39.3 Å². The molecule has 0 aliphatic carbocycles. The number of nitrogens with zero attached hydrogens (tertiary/aromatic N) is 4. The average Bonchev–Trinajstić information content (AvgIpc) is 2.88. The molecule has 22 heavy (non-hydrogen) atoms. The van der Waals surface area contributed by atoms with Gasteiger partial charge in [-0.3, -0.25) is 13.9 Å². The maximum Gasteiger partial charge on any atom is 0.332 e. The van der Waals surface area contributed by atoms with Crippen LogP contribution in [0, 0.1) is 0 Å². The molecule has 2 aromatic heterocycles. The Balaban J connectivity index is 2.64. The fourth-order valence-electron chi connectivity index (χ4n) is 2.25. The van der Waals surface area contributed by atoms with Crippen LogP contribution in [0.25, 0.3) is 11.2 Å². The Kier molecular flexibility index (Phi) is 4.99. The Bertz CT molecular complexity index is 773. The van der Waals surface area contributed by atoms with Crippen molar-refractivity contribution in [1.29, 1.82) is 0 Å². The third kappa shape index (κ3) is 2.77. The molecule has 0 fully saturated rings. The van der Waals surface area contributed by atoms with Gasteiger partial charge in [0.25, 0.3) is 5.56 Å². The number of methoxy groups -OCH3 is 2. The molecule has 1 N–H and O–H groups in total. The lowest BCUT2D eigenvalue weighted by atomic mass is 10.5. The van der Waals surface area contributed by atoms with Crippen LogP contribution in [0.5, 0.6) is 0 Å². The SMILES string of the molecule is COCCNc1nc2c(c(=O)n(C)c(=O)n2C)n1CCOC. The lowest BCUT2D eigenvalue weighted by molar-refractivity contribution is 0.188. The highest BCUT2D eigenvalue weighted by molar-refractivity contribution is 5.74. The second-order valence-electron chi connectivity index (χ2n) is 4.88. The van der Waals surface area contributed by atoms with Crippen LogP contribution in [0.3, 0.4) is 0 Å². The maximum atomic E-state index is 12.4. The third-order valence-corrected chi connectivity index (χ3v) is 3.46. The highest BCUT2D eigenvalue weighted by Gasteiger charge is 2.18. The smallest absolute Gasteiger partial charge is 0.332 e. The number of hydrogen-bond acceptors (Lipinski definition) is 6. The molecule has 2 heterocycles. The summed E-state index contributed by atoms with van der Waals surface area (Å²) in [6.07, 6.45) is 0. The largest absolute Gasteiger partial charge is 0.383 e. The Hall–Kier alpha value is -2.13. The average molecular weight is 311 g/mol. The van der Waals surface area contributed by atoms with E-state index in [9.17, 15) is 9.59 Å². The zero-order valence-electron chi connectivity index (χ0n) is 13.3. The van der Waals surface area contributed by atoms with Gasteiger partial charge in [-0.25, -0.2) is 4.79 Å². The maximum absolute atomic E-state index is 12.4. The Labute approximate surface area is 127 Å². The molecule has 2 rings (SSSR count). The van der Waals surface area contributed by atoms with E-state index in [0.717, 1.165) is 4.57 Å². The van der Waals surface area contributed by atoms with E-state index >= 15 is 0 Å². The van der Waals surface area contributed by atoms with Crippen LogP contribution < -0.4 is 16.6 Å². The van der Waals surface area contributed by atoms with Gasteiger partial charge in [0.2, 0.25) is 5.95 Å². The van der Waals surface area contributed by atoms with Crippen molar-refractivity contribution < 1.29 is 9.47 Å². The van der Waals surface area contributed by atoms with E-state index in [1.807, 2.05) is 0 Å². The number of nitrogens with one attached hydrogen (secondary N) is 1. The van der Waals surface area contributed by atoms with Crippen molar-refractivity contribution in [2.45, 2.75) is 6.54 Å². The normalized spacial score (nSPS) is 11.3. The van der Waals surface area contributed by atoms with Crippen LogP contribution in [-0.2, 0) is 30.1 Å². The van der Waals surface area contributed by atoms with Gasteiger partial charge >= 0.3 is 5.69 Å². The summed E-state index contributed by atoms with van der Waals surface area (Å²) >= 11 is 0. The number of hydrogen-bond donors (Lipinski definition) is 1. The Morgan fingerprint density at radius 2 is 1.77 bits per heavy atom. The van der Waals surface area contributed by atoms with E-state index in [1.165, 1.54) is 11.6 Å². The molecular formula is C13H21N5O4. The van der Waals surface area contributed by atoms with E-state index < -0.39 is 5.69 Å². The summed E-state index contributed by atoms with van der Waals surface area (Å²) in [5.74, 6) is 0.516. The van der Waals surface area contributed by atoms with Gasteiger partial charge in [0.05, 0.1) is 13.2 Å². The molecule has 0 aliphatic heterocycles. The number of rotatable bonds is 7. The van der Waals surface area contributed by atoms with Crippen LogP contribution in [0.1, 0.15) is 0 Å². The molecule has 0 aliphatic rings. The number of ether oxygens (including phenoxy) is 2. The van der Waals surface area contributed by atoms with Crippen LogP contribution in [0.4, 0.5) is 5.95 Å². The van der Waals surface area contributed by atoms with Gasteiger partial charge in [0.1, 0.15) is 0 Å². The molecule has 0 aromatic carbocycles. The van der Waals surface area contributed by atoms with E-state index in [0.29, 0.717) is 43.4 Å². The second kappa shape index (κ2) is 6.75. The number of fused-ring (bicyclic) bond motifs is 1. The number of imidazole rings is 1. The highest BCUT2D eigenvalue weighted by atomic mass is 16.5. The number of aryl methyl sites for hydroxylation is 1. The molecular weight excluding hydrogens is 290 g/mol. The molecule has 9 heteroatoms. The minimum Gasteiger partial charge on any atom is -0.383 e. The van der Waals surface area contributed by atoms with E-state index in [4.69, 9.17) is 9.47 Å². The van der Waals surface area contributed by atoms with Gasteiger partial charge in [-0.2, -0.15) is 4.98 Å². The highest BCUT2D eigenvalue weighted by Crippen LogP contribution is 2.15. The predicted molar refractivity (Wildman–Crippen MR) is 82.5 cm³/mol. The van der Waals surface area contributed by atoms with Gasteiger partial charge in [-0.05, 0) is 0 Å². The first kappa shape index (κ1) is 16.2. The molecule has 122 valence electrons. The molecule has 0 bridgehead atoms. The van der Waals surface area contributed by atoms with Crippen molar-refractivity contribution in [1.82, 2.24) is 18.7 Å². The molecule has 0 amide bonds. The summed E-state index contributed by atoms with van der Waals surface area (Å²) in [4.78, 5) is 28.8. The third-order valence-electron chi connectivity index (χ3n) is 3.46. The molecule has 0 atom stereocenters. The molecule has 2 aromatic rings. The van der Waals surface area contributed by atoms with Crippen molar-refractivity contribution in [3.63, 3.8) is 0 Å². The Morgan fingerprint density at radius 3 is 2.41 bits per heavy atom. The molecule has 0 saturated carbocycles. The zero-order valence-corrected chi connectivity index (χ0v) is 13.3. The lowest BCUT2D eigenvalue weighted by Gasteiger charge is -2.10. The first-order chi connectivity index (χ1) is 10.5. The molecule has 9 nitrogen and oxygen atoms in total. The van der Waals surface area contributed by atoms with Crippen molar-refractivity contribution in [2.24, 2.45) is 14.1 Å². The fraction of sp³-hybridized carbons (Fsp3) is 0.615. The van der Waals surface area contributed by atoms with Crippen LogP contribution >= 0.6 is 0 Å². The summed E-state index contributed by atoms with van der Waals surface area (Å²) in [6.45, 7) is 1.93. The molecule has 0 saturated heterocycles. The summed E-state index contributed by atoms with van der Waals surface area (Å²) in [5, 5.41) is 3.11. The summed E-state index contributed by atoms with van der Waals surface area (Å²) in [7, 11) is 6.24. The first-order valence-corrected chi connectivity index (χ1v) is 6.91. The van der Waals surface area contributed by atoms with Crippen LogP contribution in [0.15, 0.2) is 9.59 Å². The van der Waals surface area contributed by atoms with Crippen LogP contribution in [0.2, 0.25) is 0 Å². The molecule has 0 spiro atoms. The van der Waals surface area contributed by atoms with Crippen molar-refractivity contribution >= 4 is 17.1 Å². The fourth-order valence-corrected chi connectivity index (χ4v) is 2.25. The van der Waals surface area contributed by atoms with Gasteiger partial charge < -0.3 is 19.4 Å². The summed E-state index contributed by atoms with van der Waals surface area (Å²) in [6, 6.07) is 0. The standard InChI is InChI=1S/C13H21N5O4/c1-16-10-9(11(19)17(2)13(16)20)18(6-8-22-4)12(15-10)14-5-7-21-3/h5-8H2,1-4H3,(H,14,15). The minimum absolute atomic E-state index is 0.351. The van der Waals surface area contributed by atoms with E-state index in [-0.39, 0.29) is 5.56 Å². The van der Waals surface area contributed by atoms with Gasteiger partial charge in [0.15, 0.2) is 11.2 Å². The van der Waals surface area contributed by atoms with Crippen molar-refractivity contribution in [3.8, 4) is 0 Å². The van der Waals surface area contributed by atoms with Gasteiger partial charge in [-0.15, -0.1) is 0 Å². The monoisotopic (exact) mass is 311 g/mol. The second-order valence-corrected chi connectivity index (χ2v) is 4.88. The van der Waals surface area contributed by atoms with E-state index in [2.05, 4.69) is 10.3 Å². The van der Waals surface area contributed by atoms with Crippen molar-refractivity contribution in [3.05, 3.63) is 20.8 Å².